The van der Waals surface area contributed by atoms with E-state index in [2.05, 4.69) is 53.0 Å². The molecule has 3 heterocycles. The molecular formula is C12H8S4. The van der Waals surface area contributed by atoms with Crippen molar-refractivity contribution in [1.82, 2.24) is 0 Å². The summed E-state index contributed by atoms with van der Waals surface area (Å²) in [7, 11) is 0. The Hall–Kier alpha value is -0.550. The SMILES string of the molecule is Sc1ccsc1-c1sccc1-c1cccs1. The Kier molecular flexibility index (Phi) is 2.90. The van der Waals surface area contributed by atoms with E-state index >= 15 is 0 Å². The van der Waals surface area contributed by atoms with Crippen molar-refractivity contribution in [3.05, 3.63) is 40.4 Å². The molecule has 3 aromatic rings. The van der Waals surface area contributed by atoms with Crippen molar-refractivity contribution < 1.29 is 0 Å². The van der Waals surface area contributed by atoms with Crippen LogP contribution in [-0.2, 0) is 0 Å². The van der Waals surface area contributed by atoms with Gasteiger partial charge in [-0.1, -0.05) is 6.07 Å². The maximum Gasteiger partial charge on any atom is 0.0582 e. The first kappa shape index (κ1) is 10.6. The lowest BCUT2D eigenvalue weighted by molar-refractivity contribution is 1.61. The van der Waals surface area contributed by atoms with Crippen LogP contribution in [0.25, 0.3) is 20.2 Å². The van der Waals surface area contributed by atoms with E-state index < -0.39 is 0 Å². The zero-order valence-electron chi connectivity index (χ0n) is 8.21. The van der Waals surface area contributed by atoms with Gasteiger partial charge in [0.1, 0.15) is 0 Å². The fraction of sp³-hybridized carbons (Fsp3) is 0. The zero-order chi connectivity index (χ0) is 11.0. The maximum absolute atomic E-state index is 4.50. The summed E-state index contributed by atoms with van der Waals surface area (Å²) in [4.78, 5) is 5.02. The highest BCUT2D eigenvalue weighted by molar-refractivity contribution is 7.80. The van der Waals surface area contributed by atoms with Crippen LogP contribution in [0.4, 0.5) is 0 Å². The molecule has 0 unspecified atom stereocenters. The largest absolute Gasteiger partial charge is 0.144 e. The summed E-state index contributed by atoms with van der Waals surface area (Å²) in [6.45, 7) is 0. The van der Waals surface area contributed by atoms with Crippen LogP contribution in [0.3, 0.4) is 0 Å². The summed E-state index contributed by atoms with van der Waals surface area (Å²) in [6, 6.07) is 8.51. The van der Waals surface area contributed by atoms with Crippen molar-refractivity contribution in [1.29, 1.82) is 0 Å². The molecule has 0 fully saturated rings. The molecule has 0 aliphatic rings. The number of thiophene rings is 3. The topological polar surface area (TPSA) is 0 Å². The first-order chi connectivity index (χ1) is 7.86. The lowest BCUT2D eigenvalue weighted by atomic mass is 10.2. The second-order valence-corrected chi connectivity index (χ2v) is 6.54. The van der Waals surface area contributed by atoms with Gasteiger partial charge < -0.3 is 0 Å². The average molecular weight is 280 g/mol. The highest BCUT2D eigenvalue weighted by atomic mass is 32.1. The molecule has 0 aromatic carbocycles. The quantitative estimate of drug-likeness (QED) is 0.589. The van der Waals surface area contributed by atoms with E-state index in [0.29, 0.717) is 0 Å². The standard InChI is InChI=1S/C12H8S4/c13-9-4-7-16-12(9)11-8(3-6-15-11)10-2-1-5-14-10/h1-7,13H. The Bertz CT molecular complexity index is 586. The Labute approximate surface area is 112 Å². The Morgan fingerprint density at radius 2 is 1.62 bits per heavy atom. The van der Waals surface area contributed by atoms with Crippen molar-refractivity contribution >= 4 is 46.6 Å². The molecule has 16 heavy (non-hydrogen) atoms. The van der Waals surface area contributed by atoms with Crippen LogP contribution in [0.5, 0.6) is 0 Å². The van der Waals surface area contributed by atoms with Crippen molar-refractivity contribution in [2.24, 2.45) is 0 Å². The minimum absolute atomic E-state index is 1.07. The van der Waals surface area contributed by atoms with Crippen LogP contribution in [0.15, 0.2) is 45.3 Å². The van der Waals surface area contributed by atoms with Gasteiger partial charge in [0.2, 0.25) is 0 Å². The van der Waals surface area contributed by atoms with Gasteiger partial charge in [0.25, 0.3) is 0 Å². The monoisotopic (exact) mass is 280 g/mol. The first-order valence-corrected chi connectivity index (χ1v) is 7.83. The highest BCUT2D eigenvalue weighted by Gasteiger charge is 2.12. The summed E-state index contributed by atoms with van der Waals surface area (Å²) >= 11 is 9.83. The molecule has 0 aliphatic heterocycles. The fourth-order valence-electron chi connectivity index (χ4n) is 1.58. The lowest BCUT2D eigenvalue weighted by Crippen LogP contribution is -1.71. The Morgan fingerprint density at radius 1 is 0.812 bits per heavy atom. The highest BCUT2D eigenvalue weighted by Crippen LogP contribution is 2.43. The molecule has 0 saturated carbocycles. The van der Waals surface area contributed by atoms with Gasteiger partial charge in [-0.25, -0.2) is 0 Å². The first-order valence-electron chi connectivity index (χ1n) is 4.74. The number of rotatable bonds is 2. The molecule has 80 valence electrons. The molecule has 3 aromatic heterocycles. The molecule has 0 nitrogen and oxygen atoms in total. The fourth-order valence-corrected chi connectivity index (χ4v) is 4.82. The summed E-state index contributed by atoms with van der Waals surface area (Å²) in [5, 5.41) is 6.36. The number of hydrogen-bond acceptors (Lipinski definition) is 4. The predicted octanol–water partition coefficient (Wildman–Crippen LogP) is 5.49. The van der Waals surface area contributed by atoms with Gasteiger partial charge in [-0.15, -0.1) is 46.6 Å². The average Bonchev–Trinajstić information content (AvgIpc) is 2.95. The van der Waals surface area contributed by atoms with Crippen molar-refractivity contribution in [3.63, 3.8) is 0 Å². The van der Waals surface area contributed by atoms with Crippen LogP contribution in [0, 0.1) is 0 Å². The van der Waals surface area contributed by atoms with E-state index in [1.807, 2.05) is 0 Å². The second kappa shape index (κ2) is 4.37. The van der Waals surface area contributed by atoms with Crippen molar-refractivity contribution in [2.45, 2.75) is 4.90 Å². The van der Waals surface area contributed by atoms with Crippen molar-refractivity contribution in [3.8, 4) is 20.2 Å². The molecule has 3 rings (SSSR count). The normalized spacial score (nSPS) is 10.8. The van der Waals surface area contributed by atoms with Gasteiger partial charge in [0.15, 0.2) is 0 Å². The van der Waals surface area contributed by atoms with E-state index in [9.17, 15) is 0 Å². The van der Waals surface area contributed by atoms with E-state index in [0.717, 1.165) is 4.90 Å². The number of hydrogen-bond donors (Lipinski definition) is 1. The third-order valence-electron chi connectivity index (χ3n) is 2.30. The minimum Gasteiger partial charge on any atom is -0.144 e. The van der Waals surface area contributed by atoms with E-state index in [-0.39, 0.29) is 0 Å². The van der Waals surface area contributed by atoms with E-state index in [4.69, 9.17) is 0 Å². The summed E-state index contributed by atoms with van der Waals surface area (Å²) < 4.78 is 0. The van der Waals surface area contributed by atoms with Crippen LogP contribution < -0.4 is 0 Å². The van der Waals surface area contributed by atoms with Crippen LogP contribution in [0.1, 0.15) is 0 Å². The second-order valence-electron chi connectivity index (χ2n) is 3.28. The summed E-state index contributed by atoms with van der Waals surface area (Å²) in [6.07, 6.45) is 0. The molecule has 0 amide bonds. The van der Waals surface area contributed by atoms with Gasteiger partial charge in [0.05, 0.1) is 9.75 Å². The summed E-state index contributed by atoms with van der Waals surface area (Å²) in [5.41, 5.74) is 1.33. The Morgan fingerprint density at radius 3 is 2.31 bits per heavy atom. The lowest BCUT2D eigenvalue weighted by Gasteiger charge is -2.00. The molecule has 0 bridgehead atoms. The van der Waals surface area contributed by atoms with E-state index in [1.54, 1.807) is 34.0 Å². The molecule has 0 N–H and O–H groups in total. The number of thiol groups is 1. The predicted molar refractivity (Wildman–Crippen MR) is 78.2 cm³/mol. The van der Waals surface area contributed by atoms with Crippen LogP contribution in [0.2, 0.25) is 0 Å². The van der Waals surface area contributed by atoms with Crippen LogP contribution in [-0.4, -0.2) is 0 Å². The van der Waals surface area contributed by atoms with Crippen LogP contribution >= 0.6 is 46.6 Å². The van der Waals surface area contributed by atoms with Gasteiger partial charge >= 0.3 is 0 Å². The molecule has 0 atom stereocenters. The van der Waals surface area contributed by atoms with Gasteiger partial charge in [-0.05, 0) is 34.3 Å². The molecule has 0 spiro atoms. The van der Waals surface area contributed by atoms with Crippen molar-refractivity contribution in [2.75, 3.05) is 0 Å². The molecule has 4 heteroatoms. The van der Waals surface area contributed by atoms with Gasteiger partial charge in [-0.2, -0.15) is 0 Å². The molecule has 0 aliphatic carbocycles. The minimum atomic E-state index is 1.07. The maximum atomic E-state index is 4.50. The Balaban J connectivity index is 2.17. The molecule has 0 saturated heterocycles. The smallest absolute Gasteiger partial charge is 0.0582 e. The molecular weight excluding hydrogens is 272 g/mol. The zero-order valence-corrected chi connectivity index (χ0v) is 11.6. The third-order valence-corrected chi connectivity index (χ3v) is 5.72. The van der Waals surface area contributed by atoms with Gasteiger partial charge in [0, 0.05) is 15.3 Å². The summed E-state index contributed by atoms with van der Waals surface area (Å²) in [5.74, 6) is 0. The van der Waals surface area contributed by atoms with Gasteiger partial charge in [-0.3, -0.25) is 0 Å². The third kappa shape index (κ3) is 1.76. The molecule has 0 radical (unpaired) electrons. The van der Waals surface area contributed by atoms with E-state index in [1.165, 1.54) is 20.2 Å².